The molecule has 18 heavy (non-hydrogen) atoms. The van der Waals surface area contributed by atoms with E-state index in [0.717, 1.165) is 26.3 Å². The zero-order valence-corrected chi connectivity index (χ0v) is 12.8. The summed E-state index contributed by atoms with van der Waals surface area (Å²) in [5.74, 6) is 0. The highest BCUT2D eigenvalue weighted by atomic mass is 127. The number of aromatic nitrogens is 2. The van der Waals surface area contributed by atoms with Gasteiger partial charge < -0.3 is 5.32 Å². The second kappa shape index (κ2) is 6.45. The van der Waals surface area contributed by atoms with Gasteiger partial charge in [0, 0.05) is 21.5 Å². The third-order valence-corrected chi connectivity index (χ3v) is 4.17. The molecule has 0 fully saturated rings. The van der Waals surface area contributed by atoms with Gasteiger partial charge in [-0.2, -0.15) is 0 Å². The summed E-state index contributed by atoms with van der Waals surface area (Å²) >= 11 is 8.40. The van der Waals surface area contributed by atoms with E-state index in [1.165, 1.54) is 6.33 Å². The van der Waals surface area contributed by atoms with E-state index in [0.29, 0.717) is 0 Å². The summed E-state index contributed by atoms with van der Waals surface area (Å²) in [7, 11) is 0. The number of hydrogen-bond donors (Lipinski definition) is 1. The Kier molecular flexibility index (Phi) is 4.91. The van der Waals surface area contributed by atoms with E-state index in [1.807, 2.05) is 24.5 Å². The third-order valence-electron chi connectivity index (χ3n) is 2.60. The van der Waals surface area contributed by atoms with Gasteiger partial charge in [-0.1, -0.05) is 24.6 Å². The molecular formula is C13H13ClIN3. The molecule has 0 aliphatic rings. The molecule has 2 rings (SSSR count). The Bertz CT molecular complexity index is 519. The van der Waals surface area contributed by atoms with E-state index in [9.17, 15) is 0 Å². The van der Waals surface area contributed by atoms with Gasteiger partial charge in [0.15, 0.2) is 0 Å². The predicted octanol–water partition coefficient (Wildman–Crippen LogP) is 3.43. The van der Waals surface area contributed by atoms with E-state index in [1.54, 1.807) is 0 Å². The Morgan fingerprint density at radius 2 is 2.00 bits per heavy atom. The Labute approximate surface area is 125 Å². The molecule has 0 aliphatic heterocycles. The lowest BCUT2D eigenvalue weighted by molar-refractivity contribution is 0.626. The van der Waals surface area contributed by atoms with Crippen molar-refractivity contribution >= 4 is 34.2 Å². The molecule has 1 aromatic carbocycles. The molecule has 2 aromatic rings. The summed E-state index contributed by atoms with van der Waals surface area (Å²) in [5, 5.41) is 4.19. The number of nitrogens with one attached hydrogen (secondary N) is 1. The number of hydrogen-bond acceptors (Lipinski definition) is 3. The van der Waals surface area contributed by atoms with E-state index < -0.39 is 0 Å². The van der Waals surface area contributed by atoms with Gasteiger partial charge in [-0.05, 0) is 46.8 Å². The zero-order valence-electron chi connectivity index (χ0n) is 9.90. The van der Waals surface area contributed by atoms with Gasteiger partial charge in [0.2, 0.25) is 0 Å². The van der Waals surface area contributed by atoms with Crippen LogP contribution in [0.4, 0.5) is 0 Å². The molecule has 0 spiro atoms. The van der Waals surface area contributed by atoms with Crippen LogP contribution in [0.2, 0.25) is 5.02 Å². The normalized spacial score (nSPS) is 12.4. The maximum Gasteiger partial charge on any atom is 0.115 e. The summed E-state index contributed by atoms with van der Waals surface area (Å²) in [5.41, 5.74) is 2.16. The van der Waals surface area contributed by atoms with Crippen molar-refractivity contribution in [3.8, 4) is 0 Å². The van der Waals surface area contributed by atoms with Gasteiger partial charge in [0.25, 0.3) is 0 Å². The van der Waals surface area contributed by atoms with Crippen molar-refractivity contribution in [3.05, 3.63) is 56.6 Å². The number of rotatable bonds is 4. The molecule has 3 nitrogen and oxygen atoms in total. The Balaban J connectivity index is 2.38. The largest absolute Gasteiger partial charge is 0.306 e. The van der Waals surface area contributed by atoms with Crippen molar-refractivity contribution in [2.75, 3.05) is 6.54 Å². The topological polar surface area (TPSA) is 37.8 Å². The average molecular weight is 374 g/mol. The van der Waals surface area contributed by atoms with Gasteiger partial charge in [-0.3, -0.25) is 0 Å². The molecule has 0 amide bonds. The summed E-state index contributed by atoms with van der Waals surface area (Å²) < 4.78 is 1.05. The molecule has 0 saturated carbocycles. The van der Waals surface area contributed by atoms with Crippen LogP contribution in [-0.2, 0) is 0 Å². The molecule has 5 heteroatoms. The Hall–Kier alpha value is -0.720. The van der Waals surface area contributed by atoms with Crippen molar-refractivity contribution < 1.29 is 0 Å². The van der Waals surface area contributed by atoms with Crippen molar-refractivity contribution in [3.63, 3.8) is 0 Å². The van der Waals surface area contributed by atoms with Crippen molar-refractivity contribution in [1.29, 1.82) is 0 Å². The van der Waals surface area contributed by atoms with Crippen LogP contribution < -0.4 is 5.32 Å². The van der Waals surface area contributed by atoms with Gasteiger partial charge >= 0.3 is 0 Å². The van der Waals surface area contributed by atoms with Crippen LogP contribution in [0, 0.1) is 3.57 Å². The van der Waals surface area contributed by atoms with Crippen molar-refractivity contribution in [1.82, 2.24) is 15.3 Å². The molecule has 1 atom stereocenters. The molecule has 94 valence electrons. The van der Waals surface area contributed by atoms with Crippen LogP contribution in [0.3, 0.4) is 0 Å². The summed E-state index contributed by atoms with van der Waals surface area (Å²) in [6, 6.07) is 6.16. The lowest BCUT2D eigenvalue weighted by Crippen LogP contribution is -2.22. The SMILES string of the molecule is CCNC(c1cncnc1)c1ccc(I)c(Cl)c1. The average Bonchev–Trinajstić information content (AvgIpc) is 2.40. The fourth-order valence-corrected chi connectivity index (χ4v) is 2.31. The van der Waals surface area contributed by atoms with E-state index in [-0.39, 0.29) is 6.04 Å². The summed E-state index contributed by atoms with van der Waals surface area (Å²) in [6.45, 7) is 2.94. The lowest BCUT2D eigenvalue weighted by atomic mass is 10.0. The minimum atomic E-state index is 0.0747. The zero-order chi connectivity index (χ0) is 13.0. The smallest absolute Gasteiger partial charge is 0.115 e. The molecule has 1 N–H and O–H groups in total. The van der Waals surface area contributed by atoms with Gasteiger partial charge in [0.05, 0.1) is 11.1 Å². The monoisotopic (exact) mass is 373 g/mol. The van der Waals surface area contributed by atoms with E-state index >= 15 is 0 Å². The predicted molar refractivity (Wildman–Crippen MR) is 81.7 cm³/mol. The second-order valence-corrected chi connectivity index (χ2v) is 5.41. The second-order valence-electron chi connectivity index (χ2n) is 3.84. The van der Waals surface area contributed by atoms with Crippen LogP contribution in [-0.4, -0.2) is 16.5 Å². The molecular weight excluding hydrogens is 361 g/mol. The van der Waals surface area contributed by atoms with Crippen LogP contribution >= 0.6 is 34.2 Å². The maximum absolute atomic E-state index is 6.18. The summed E-state index contributed by atoms with van der Waals surface area (Å²) in [4.78, 5) is 8.14. The molecule has 0 bridgehead atoms. The highest BCUT2D eigenvalue weighted by molar-refractivity contribution is 14.1. The minimum Gasteiger partial charge on any atom is -0.306 e. The molecule has 1 unspecified atom stereocenters. The fourth-order valence-electron chi connectivity index (χ4n) is 1.78. The Morgan fingerprint density at radius 1 is 1.28 bits per heavy atom. The number of halogens is 2. The van der Waals surface area contributed by atoms with Gasteiger partial charge in [0.1, 0.15) is 6.33 Å². The quantitative estimate of drug-likeness (QED) is 0.835. The maximum atomic E-state index is 6.18. The first-order valence-electron chi connectivity index (χ1n) is 5.65. The van der Waals surface area contributed by atoms with Crippen molar-refractivity contribution in [2.45, 2.75) is 13.0 Å². The highest BCUT2D eigenvalue weighted by Crippen LogP contribution is 2.26. The molecule has 1 aromatic heterocycles. The van der Waals surface area contributed by atoms with Gasteiger partial charge in [-0.15, -0.1) is 0 Å². The molecule has 0 radical (unpaired) electrons. The Morgan fingerprint density at radius 3 is 2.61 bits per heavy atom. The molecule has 0 saturated heterocycles. The van der Waals surface area contributed by atoms with Crippen LogP contribution in [0.25, 0.3) is 0 Å². The first-order chi connectivity index (χ1) is 8.72. The highest BCUT2D eigenvalue weighted by Gasteiger charge is 2.14. The molecule has 1 heterocycles. The first-order valence-corrected chi connectivity index (χ1v) is 7.11. The van der Waals surface area contributed by atoms with E-state index in [4.69, 9.17) is 11.6 Å². The van der Waals surface area contributed by atoms with Crippen LogP contribution in [0.1, 0.15) is 24.1 Å². The van der Waals surface area contributed by atoms with Gasteiger partial charge in [-0.25, -0.2) is 9.97 Å². The van der Waals surface area contributed by atoms with Crippen molar-refractivity contribution in [2.24, 2.45) is 0 Å². The van der Waals surface area contributed by atoms with E-state index in [2.05, 4.69) is 50.9 Å². The number of benzene rings is 1. The minimum absolute atomic E-state index is 0.0747. The lowest BCUT2D eigenvalue weighted by Gasteiger charge is -2.18. The van der Waals surface area contributed by atoms with Crippen LogP contribution in [0.5, 0.6) is 0 Å². The molecule has 0 aliphatic carbocycles. The first kappa shape index (κ1) is 13.7. The van der Waals surface area contributed by atoms with Crippen LogP contribution in [0.15, 0.2) is 36.9 Å². The third kappa shape index (κ3) is 3.18. The fraction of sp³-hybridized carbons (Fsp3) is 0.231. The standard InChI is InChI=1S/C13H13ClIN3/c1-2-18-13(10-6-16-8-17-7-10)9-3-4-12(15)11(14)5-9/h3-8,13,18H,2H2,1H3. The summed E-state index contributed by atoms with van der Waals surface area (Å²) in [6.07, 6.45) is 5.19. The number of nitrogens with zero attached hydrogens (tertiary/aromatic N) is 2.